The Kier molecular flexibility index (Phi) is 7.90. The van der Waals surface area contributed by atoms with Gasteiger partial charge in [-0.2, -0.15) is 31.4 Å². The third-order valence-corrected chi connectivity index (χ3v) is 5.54. The number of phenols is 1. The van der Waals surface area contributed by atoms with Gasteiger partial charge in [0.2, 0.25) is 0 Å². The highest BCUT2D eigenvalue weighted by molar-refractivity contribution is 6.31. The summed E-state index contributed by atoms with van der Waals surface area (Å²) in [6.07, 6.45) is -7.83. The number of aliphatic hydroxyl groups is 1. The Bertz CT molecular complexity index is 1190. The van der Waals surface area contributed by atoms with Gasteiger partial charge in [-0.3, -0.25) is 4.68 Å². The first kappa shape index (κ1) is 26.7. The number of rotatable bonds is 8. The van der Waals surface area contributed by atoms with Crippen molar-refractivity contribution in [3.63, 3.8) is 0 Å². The topological polar surface area (TPSA) is 67.5 Å². The van der Waals surface area contributed by atoms with Crippen LogP contribution in [0.25, 0.3) is 22.4 Å². The van der Waals surface area contributed by atoms with Gasteiger partial charge in [-0.15, -0.1) is 0 Å². The van der Waals surface area contributed by atoms with Crippen LogP contribution in [-0.2, 0) is 19.4 Å². The third-order valence-electron chi connectivity index (χ3n) is 5.21. The van der Waals surface area contributed by atoms with Crippen LogP contribution in [0.4, 0.5) is 26.3 Å². The number of aromatic nitrogens is 2. The van der Waals surface area contributed by atoms with Crippen molar-refractivity contribution < 1.29 is 41.3 Å². The predicted molar refractivity (Wildman–Crippen MR) is 117 cm³/mol. The van der Waals surface area contributed by atoms with Gasteiger partial charge in [0.15, 0.2) is 5.69 Å². The number of nitrogens with zero attached hydrogens (tertiary/aromatic N) is 2. The van der Waals surface area contributed by atoms with E-state index in [0.717, 1.165) is 22.9 Å². The van der Waals surface area contributed by atoms with Gasteiger partial charge in [0, 0.05) is 19.2 Å². The number of hydrogen-bond donors (Lipinski definition) is 2. The van der Waals surface area contributed by atoms with Gasteiger partial charge in [-0.25, -0.2) is 0 Å². The molecule has 0 amide bonds. The first-order valence-corrected chi connectivity index (χ1v) is 10.8. The summed E-state index contributed by atoms with van der Waals surface area (Å²) in [5.41, 5.74) is -2.75. The number of hydrogen-bond acceptors (Lipinski definition) is 4. The van der Waals surface area contributed by atoms with Gasteiger partial charge in [-0.05, 0) is 55.2 Å². The summed E-state index contributed by atoms with van der Waals surface area (Å²) in [4.78, 5) is 0. The Morgan fingerprint density at radius 1 is 0.971 bits per heavy atom. The SMILES string of the molecule is Cn1nc(C(F)(F)F)cc1-c1ccc(OCCCCCO)c(-c2ccc(Cl)c(C(F)(F)F)c2)c1O. The zero-order valence-corrected chi connectivity index (χ0v) is 19.1. The van der Waals surface area contributed by atoms with Crippen molar-refractivity contribution in [2.75, 3.05) is 13.2 Å². The molecule has 0 aliphatic heterocycles. The minimum Gasteiger partial charge on any atom is -0.506 e. The highest BCUT2D eigenvalue weighted by Crippen LogP contribution is 2.47. The first-order valence-electron chi connectivity index (χ1n) is 10.4. The molecule has 0 atom stereocenters. The van der Waals surface area contributed by atoms with Crippen molar-refractivity contribution in [1.82, 2.24) is 9.78 Å². The highest BCUT2D eigenvalue weighted by atomic mass is 35.5. The molecule has 5 nitrogen and oxygen atoms in total. The highest BCUT2D eigenvalue weighted by Gasteiger charge is 2.36. The molecule has 12 heteroatoms. The summed E-state index contributed by atoms with van der Waals surface area (Å²) in [7, 11) is 1.25. The number of alkyl halides is 6. The second-order valence-electron chi connectivity index (χ2n) is 7.70. The minimum absolute atomic E-state index is 0.00363. The van der Waals surface area contributed by atoms with Crippen LogP contribution in [0.1, 0.15) is 30.5 Å². The Labute approximate surface area is 201 Å². The molecular formula is C23H21ClF6N2O3. The average Bonchev–Trinajstić information content (AvgIpc) is 3.15. The van der Waals surface area contributed by atoms with Gasteiger partial charge in [0.1, 0.15) is 11.5 Å². The molecule has 3 aromatic rings. The largest absolute Gasteiger partial charge is 0.506 e. The fourth-order valence-electron chi connectivity index (χ4n) is 3.51. The molecule has 0 saturated carbocycles. The van der Waals surface area contributed by atoms with Gasteiger partial charge >= 0.3 is 12.4 Å². The number of aryl methyl sites for hydroxylation is 1. The van der Waals surface area contributed by atoms with Crippen LogP contribution >= 0.6 is 11.6 Å². The molecule has 0 unspecified atom stereocenters. The normalized spacial score (nSPS) is 12.3. The molecule has 35 heavy (non-hydrogen) atoms. The van der Waals surface area contributed by atoms with Crippen LogP contribution in [0.2, 0.25) is 5.02 Å². The molecule has 0 bridgehead atoms. The number of aromatic hydroxyl groups is 1. The summed E-state index contributed by atoms with van der Waals surface area (Å²) in [5, 5.41) is 22.8. The number of phenolic OH excluding ortho intramolecular Hbond substituents is 1. The van der Waals surface area contributed by atoms with E-state index in [-0.39, 0.29) is 41.3 Å². The van der Waals surface area contributed by atoms with E-state index >= 15 is 0 Å². The summed E-state index contributed by atoms with van der Waals surface area (Å²) >= 11 is 5.72. The molecule has 0 aliphatic rings. The van der Waals surface area contributed by atoms with Crippen LogP contribution in [0.3, 0.4) is 0 Å². The average molecular weight is 523 g/mol. The molecule has 3 rings (SSSR count). The van der Waals surface area contributed by atoms with E-state index in [1.807, 2.05) is 0 Å². The van der Waals surface area contributed by atoms with Crippen molar-refractivity contribution in [3.05, 3.63) is 52.7 Å². The van der Waals surface area contributed by atoms with Crippen molar-refractivity contribution in [2.24, 2.45) is 7.05 Å². The lowest BCUT2D eigenvalue weighted by molar-refractivity contribution is -0.141. The number of benzene rings is 2. The van der Waals surface area contributed by atoms with E-state index in [0.29, 0.717) is 19.3 Å². The molecular weight excluding hydrogens is 502 g/mol. The van der Waals surface area contributed by atoms with E-state index < -0.39 is 34.4 Å². The maximum Gasteiger partial charge on any atom is 0.435 e. The standard InChI is InChI=1S/C23H21ClF6N2O3/c1-32-17(12-19(31-32)23(28,29)30)14-6-8-18(35-10-4-2-3-9-33)20(21(14)34)13-5-7-16(24)15(11-13)22(25,26)27/h5-8,11-12,33-34H,2-4,9-10H2,1H3. The fraction of sp³-hybridized carbons (Fsp3) is 0.348. The lowest BCUT2D eigenvalue weighted by atomic mass is 9.97. The number of unbranched alkanes of at least 4 members (excludes halogenated alkanes) is 2. The van der Waals surface area contributed by atoms with Crippen molar-refractivity contribution in [2.45, 2.75) is 31.6 Å². The molecule has 2 aromatic carbocycles. The lowest BCUT2D eigenvalue weighted by Gasteiger charge is -2.18. The molecule has 1 heterocycles. The molecule has 1 aromatic heterocycles. The van der Waals surface area contributed by atoms with Gasteiger partial charge < -0.3 is 14.9 Å². The van der Waals surface area contributed by atoms with Gasteiger partial charge in [-0.1, -0.05) is 17.7 Å². The Morgan fingerprint density at radius 3 is 2.29 bits per heavy atom. The predicted octanol–water partition coefficient (Wildman–Crippen LogP) is 6.69. The van der Waals surface area contributed by atoms with E-state index in [2.05, 4.69) is 5.10 Å². The monoisotopic (exact) mass is 522 g/mol. The second-order valence-corrected chi connectivity index (χ2v) is 8.10. The third kappa shape index (κ3) is 6.02. The van der Waals surface area contributed by atoms with Crippen molar-refractivity contribution >= 4 is 11.6 Å². The number of aliphatic hydroxyl groups excluding tert-OH is 1. The summed E-state index contributed by atoms with van der Waals surface area (Å²) < 4.78 is 86.4. The van der Waals surface area contributed by atoms with E-state index in [9.17, 15) is 31.4 Å². The van der Waals surface area contributed by atoms with Crippen LogP contribution in [0.5, 0.6) is 11.5 Å². The molecule has 0 spiro atoms. The molecule has 0 aliphatic carbocycles. The van der Waals surface area contributed by atoms with Crippen LogP contribution in [0, 0.1) is 0 Å². The van der Waals surface area contributed by atoms with E-state index in [4.69, 9.17) is 21.4 Å². The van der Waals surface area contributed by atoms with E-state index in [1.165, 1.54) is 25.2 Å². The maximum absolute atomic E-state index is 13.5. The molecule has 2 N–H and O–H groups in total. The van der Waals surface area contributed by atoms with Crippen LogP contribution in [0.15, 0.2) is 36.4 Å². The van der Waals surface area contributed by atoms with Crippen molar-refractivity contribution in [1.29, 1.82) is 0 Å². The van der Waals surface area contributed by atoms with Crippen LogP contribution in [-0.4, -0.2) is 33.2 Å². The molecule has 0 radical (unpaired) electrons. The lowest BCUT2D eigenvalue weighted by Crippen LogP contribution is -2.06. The van der Waals surface area contributed by atoms with Crippen LogP contribution < -0.4 is 4.74 Å². The second kappa shape index (κ2) is 10.4. The molecule has 0 fully saturated rings. The Morgan fingerprint density at radius 2 is 1.69 bits per heavy atom. The Balaban J connectivity index is 2.15. The zero-order valence-electron chi connectivity index (χ0n) is 18.3. The summed E-state index contributed by atoms with van der Waals surface area (Å²) in [6.45, 7) is 0.131. The fourth-order valence-corrected chi connectivity index (χ4v) is 3.73. The van der Waals surface area contributed by atoms with Crippen molar-refractivity contribution in [3.8, 4) is 33.9 Å². The molecule has 190 valence electrons. The zero-order chi connectivity index (χ0) is 26.0. The Hall–Kier alpha value is -2.92. The first-order chi connectivity index (χ1) is 16.3. The summed E-state index contributed by atoms with van der Waals surface area (Å²) in [6, 6.07) is 6.40. The number of ether oxygens (including phenoxy) is 1. The molecule has 0 saturated heterocycles. The minimum atomic E-state index is -4.78. The van der Waals surface area contributed by atoms with E-state index in [1.54, 1.807) is 0 Å². The maximum atomic E-state index is 13.5. The van der Waals surface area contributed by atoms with Gasteiger partial charge in [0.05, 0.1) is 28.5 Å². The summed E-state index contributed by atoms with van der Waals surface area (Å²) in [5.74, 6) is -0.547. The van der Waals surface area contributed by atoms with Gasteiger partial charge in [0.25, 0.3) is 0 Å². The number of halogens is 7. The quantitative estimate of drug-likeness (QED) is 0.255. The smallest absolute Gasteiger partial charge is 0.435 e.